The summed E-state index contributed by atoms with van der Waals surface area (Å²) in [6, 6.07) is 4.76. The van der Waals surface area contributed by atoms with E-state index in [0.717, 1.165) is 5.76 Å². The molecule has 0 radical (unpaired) electrons. The fraction of sp³-hybridized carbons (Fsp3) is 0.478. The molecule has 0 saturated carbocycles. The Labute approximate surface area is 161 Å². The Morgan fingerprint density at radius 2 is 1.96 bits per heavy atom. The summed E-state index contributed by atoms with van der Waals surface area (Å²) >= 11 is 0. The molecule has 0 spiro atoms. The Morgan fingerprint density at radius 3 is 2.78 bits per heavy atom. The Morgan fingerprint density at radius 1 is 1.15 bits per heavy atom. The van der Waals surface area contributed by atoms with Crippen molar-refractivity contribution < 1.29 is 4.74 Å². The number of piperidine rings is 2. The van der Waals surface area contributed by atoms with Crippen molar-refractivity contribution in [3.63, 3.8) is 0 Å². The summed E-state index contributed by atoms with van der Waals surface area (Å²) < 4.78 is 5.80. The molecule has 3 atom stereocenters. The maximum Gasteiger partial charge on any atom is 0.143 e. The maximum atomic E-state index is 9.17. The van der Waals surface area contributed by atoms with Gasteiger partial charge >= 0.3 is 0 Å². The Bertz CT molecular complexity index is 830. The van der Waals surface area contributed by atoms with Gasteiger partial charge in [-0.05, 0) is 75.4 Å². The highest BCUT2D eigenvalue weighted by Crippen LogP contribution is 2.39. The topological polar surface area (TPSA) is 60.0 Å². The molecule has 0 aromatic carbocycles. The molecule has 138 valence electrons. The molecule has 3 unspecified atom stereocenters. The summed E-state index contributed by atoms with van der Waals surface area (Å²) in [6.45, 7) is 4.35. The normalized spacial score (nSPS) is 30.3. The summed E-state index contributed by atoms with van der Waals surface area (Å²) in [5, 5.41) is 18.3. The summed E-state index contributed by atoms with van der Waals surface area (Å²) in [5.74, 6) is 1.17. The average Bonchev–Trinajstić information content (AvgIpc) is 2.67. The lowest BCUT2D eigenvalue weighted by atomic mass is 9.76. The summed E-state index contributed by atoms with van der Waals surface area (Å²) in [5.41, 5.74) is 2.83. The van der Waals surface area contributed by atoms with Crippen LogP contribution in [-0.2, 0) is 4.74 Å². The molecule has 4 rings (SSSR count). The zero-order valence-electron chi connectivity index (χ0n) is 15.8. The zero-order chi connectivity index (χ0) is 18.8. The number of hydrogen-bond donors (Lipinski definition) is 0. The molecule has 4 aliphatic rings. The van der Waals surface area contributed by atoms with Crippen LogP contribution in [0.15, 0.2) is 59.1 Å². The van der Waals surface area contributed by atoms with E-state index >= 15 is 0 Å². The fourth-order valence-electron chi connectivity index (χ4n) is 4.86. The van der Waals surface area contributed by atoms with Gasteiger partial charge in [0.05, 0.1) is 17.9 Å². The molecule has 27 heavy (non-hydrogen) atoms. The molecule has 0 amide bonds. The first-order valence-electron chi connectivity index (χ1n) is 9.89. The maximum absolute atomic E-state index is 9.17. The molecular weight excluding hydrogens is 334 g/mol. The first-order valence-corrected chi connectivity index (χ1v) is 9.89. The molecule has 4 heteroatoms. The van der Waals surface area contributed by atoms with Crippen LogP contribution in [0.2, 0.25) is 0 Å². The third-order valence-corrected chi connectivity index (χ3v) is 6.00. The van der Waals surface area contributed by atoms with Gasteiger partial charge in [0.1, 0.15) is 11.7 Å². The van der Waals surface area contributed by atoms with Crippen LogP contribution in [0.4, 0.5) is 0 Å². The van der Waals surface area contributed by atoms with Gasteiger partial charge in [0.25, 0.3) is 0 Å². The van der Waals surface area contributed by atoms with Crippen molar-refractivity contribution >= 4 is 0 Å². The second-order valence-corrected chi connectivity index (χ2v) is 7.87. The summed E-state index contributed by atoms with van der Waals surface area (Å²) in [6.07, 6.45) is 17.6. The summed E-state index contributed by atoms with van der Waals surface area (Å²) in [4.78, 5) is 2.66. The molecule has 4 nitrogen and oxygen atoms in total. The number of rotatable bonds is 3. The van der Waals surface area contributed by atoms with Gasteiger partial charge < -0.3 is 4.74 Å². The lowest BCUT2D eigenvalue weighted by Gasteiger charge is -2.46. The molecule has 3 aliphatic heterocycles. The largest absolute Gasteiger partial charge is 0.463 e. The van der Waals surface area contributed by atoms with Crippen molar-refractivity contribution in [3.05, 3.63) is 59.1 Å². The van der Waals surface area contributed by atoms with Crippen molar-refractivity contribution in [1.82, 2.24) is 4.90 Å². The molecular formula is C23H25N3O. The van der Waals surface area contributed by atoms with E-state index in [9.17, 15) is 0 Å². The molecule has 0 bridgehead atoms. The van der Waals surface area contributed by atoms with E-state index in [-0.39, 0.29) is 5.92 Å². The van der Waals surface area contributed by atoms with Crippen molar-refractivity contribution in [2.75, 3.05) is 13.1 Å². The number of allylic oxidation sites excluding steroid dienone is 7. The Kier molecular flexibility index (Phi) is 5.01. The van der Waals surface area contributed by atoms with E-state index in [2.05, 4.69) is 35.3 Å². The zero-order valence-corrected chi connectivity index (χ0v) is 15.8. The van der Waals surface area contributed by atoms with Gasteiger partial charge in [-0.1, -0.05) is 23.8 Å². The van der Waals surface area contributed by atoms with Crippen LogP contribution in [-0.4, -0.2) is 24.0 Å². The number of ether oxygens (including phenoxy) is 1. The molecule has 1 aliphatic carbocycles. The Hall–Kier alpha value is -2.56. The molecule has 0 N–H and O–H groups in total. The minimum absolute atomic E-state index is 0.221. The second kappa shape index (κ2) is 7.59. The van der Waals surface area contributed by atoms with Crippen LogP contribution in [0.1, 0.15) is 32.6 Å². The third kappa shape index (κ3) is 3.64. The van der Waals surface area contributed by atoms with Gasteiger partial charge in [-0.3, -0.25) is 4.90 Å². The second-order valence-electron chi connectivity index (χ2n) is 7.87. The highest BCUT2D eigenvalue weighted by Gasteiger charge is 2.36. The van der Waals surface area contributed by atoms with Crippen molar-refractivity contribution in [2.45, 2.75) is 38.6 Å². The average molecular weight is 359 g/mol. The molecule has 0 aromatic heterocycles. The van der Waals surface area contributed by atoms with E-state index in [0.29, 0.717) is 17.7 Å². The van der Waals surface area contributed by atoms with Gasteiger partial charge in [-0.2, -0.15) is 10.5 Å². The smallest absolute Gasteiger partial charge is 0.143 e. The van der Waals surface area contributed by atoms with Crippen LogP contribution in [0.5, 0.6) is 0 Å². The van der Waals surface area contributed by atoms with Gasteiger partial charge in [-0.25, -0.2) is 0 Å². The molecule has 2 saturated heterocycles. The standard InChI is InChI=1S/C23H25N3O/c1-16-10-20(21(14-24)15-25)13-22(27-16)7-6-17-11-18-4-2-8-26-9-3-5-19(12-17)23(18)26/h6-7,10-13,18,20-21,23H,2-5,8-9H2,1H3/b7-6+. The monoisotopic (exact) mass is 359 g/mol. The molecule has 3 heterocycles. The van der Waals surface area contributed by atoms with Crippen LogP contribution in [0, 0.1) is 40.4 Å². The van der Waals surface area contributed by atoms with Gasteiger partial charge in [0, 0.05) is 12.0 Å². The minimum atomic E-state index is -0.681. The first kappa shape index (κ1) is 17.8. The van der Waals surface area contributed by atoms with Crippen LogP contribution in [0.3, 0.4) is 0 Å². The minimum Gasteiger partial charge on any atom is -0.463 e. The predicted octanol–water partition coefficient (Wildman–Crippen LogP) is 4.38. The van der Waals surface area contributed by atoms with E-state index < -0.39 is 5.92 Å². The highest BCUT2D eigenvalue weighted by atomic mass is 16.5. The van der Waals surface area contributed by atoms with Gasteiger partial charge in [0.15, 0.2) is 0 Å². The molecule has 2 fully saturated rings. The van der Waals surface area contributed by atoms with Crippen molar-refractivity contribution in [1.29, 1.82) is 10.5 Å². The van der Waals surface area contributed by atoms with Gasteiger partial charge in [0.2, 0.25) is 0 Å². The lowest BCUT2D eigenvalue weighted by Crippen LogP contribution is -2.49. The SMILES string of the molecule is CC1=CC(C(C#N)C#N)C=C(/C=C/C2=CC3CCCN4CCCC(=C2)C34)O1. The van der Waals surface area contributed by atoms with E-state index in [1.54, 1.807) is 5.57 Å². The fourth-order valence-corrected chi connectivity index (χ4v) is 4.86. The lowest BCUT2D eigenvalue weighted by molar-refractivity contribution is 0.114. The Balaban J connectivity index is 1.54. The van der Waals surface area contributed by atoms with E-state index in [1.165, 1.54) is 44.3 Å². The quantitative estimate of drug-likeness (QED) is 0.750. The molecule has 0 aromatic rings. The van der Waals surface area contributed by atoms with Crippen LogP contribution in [0.25, 0.3) is 0 Å². The first-order chi connectivity index (χ1) is 13.2. The number of hydrogen-bond acceptors (Lipinski definition) is 4. The van der Waals surface area contributed by atoms with E-state index in [1.807, 2.05) is 25.2 Å². The third-order valence-electron chi connectivity index (χ3n) is 6.00. The van der Waals surface area contributed by atoms with Crippen LogP contribution >= 0.6 is 0 Å². The number of nitrogens with zero attached hydrogens (tertiary/aromatic N) is 3. The van der Waals surface area contributed by atoms with Crippen molar-refractivity contribution in [3.8, 4) is 12.1 Å². The van der Waals surface area contributed by atoms with Crippen molar-refractivity contribution in [2.24, 2.45) is 17.8 Å². The highest BCUT2D eigenvalue weighted by molar-refractivity contribution is 5.43. The van der Waals surface area contributed by atoms with E-state index in [4.69, 9.17) is 15.3 Å². The number of nitriles is 2. The summed E-state index contributed by atoms with van der Waals surface area (Å²) in [7, 11) is 0. The van der Waals surface area contributed by atoms with Crippen LogP contribution < -0.4 is 0 Å². The van der Waals surface area contributed by atoms with Gasteiger partial charge in [-0.15, -0.1) is 0 Å². The predicted molar refractivity (Wildman–Crippen MR) is 104 cm³/mol.